The molecular weight excluding hydrogens is 416 g/mol. The molecule has 0 N–H and O–H groups in total. The summed E-state index contributed by atoms with van der Waals surface area (Å²) in [5.74, 6) is -0.808. The minimum absolute atomic E-state index is 0.0347. The van der Waals surface area contributed by atoms with Gasteiger partial charge < -0.3 is 9.80 Å². The van der Waals surface area contributed by atoms with Crippen LogP contribution in [0.25, 0.3) is 0 Å². The summed E-state index contributed by atoms with van der Waals surface area (Å²) >= 11 is 12.0. The number of carbonyl (C=O) groups is 2. The Morgan fingerprint density at radius 1 is 0.857 bits per heavy atom. The molecule has 1 aliphatic rings. The van der Waals surface area contributed by atoms with Gasteiger partial charge in [-0.15, -0.1) is 0 Å². The van der Waals surface area contributed by atoms with Gasteiger partial charge in [-0.25, -0.2) is 0 Å². The average molecular weight is 431 g/mol. The molecule has 3 rings (SSSR count). The third kappa shape index (κ3) is 4.42. The van der Waals surface area contributed by atoms with Crippen LogP contribution in [0.4, 0.5) is 13.2 Å². The third-order valence-electron chi connectivity index (χ3n) is 4.45. The predicted molar refractivity (Wildman–Crippen MR) is 99.7 cm³/mol. The van der Waals surface area contributed by atoms with Crippen molar-refractivity contribution in [3.05, 3.63) is 69.2 Å². The fourth-order valence-corrected chi connectivity index (χ4v) is 3.33. The van der Waals surface area contributed by atoms with E-state index in [1.165, 1.54) is 34.1 Å². The van der Waals surface area contributed by atoms with Crippen molar-refractivity contribution in [2.45, 2.75) is 6.18 Å². The van der Waals surface area contributed by atoms with Crippen LogP contribution in [0.5, 0.6) is 0 Å². The summed E-state index contributed by atoms with van der Waals surface area (Å²) in [5, 5.41) is 0.656. The van der Waals surface area contributed by atoms with Gasteiger partial charge in [-0.2, -0.15) is 13.2 Å². The largest absolute Gasteiger partial charge is 0.416 e. The highest BCUT2D eigenvalue weighted by molar-refractivity contribution is 6.35. The Labute approximate surface area is 169 Å². The molecule has 0 aromatic heterocycles. The second-order valence-corrected chi connectivity index (χ2v) is 7.13. The highest BCUT2D eigenvalue weighted by atomic mass is 35.5. The van der Waals surface area contributed by atoms with E-state index in [1.54, 1.807) is 6.07 Å². The number of halogens is 5. The van der Waals surface area contributed by atoms with Crippen molar-refractivity contribution in [3.63, 3.8) is 0 Å². The highest BCUT2D eigenvalue weighted by Crippen LogP contribution is 2.30. The van der Waals surface area contributed by atoms with Crippen LogP contribution in [0.3, 0.4) is 0 Å². The summed E-state index contributed by atoms with van der Waals surface area (Å²) in [6.07, 6.45) is -4.52. The quantitative estimate of drug-likeness (QED) is 0.697. The normalized spacial score (nSPS) is 14.9. The molecule has 9 heteroatoms. The summed E-state index contributed by atoms with van der Waals surface area (Å²) in [7, 11) is 0. The van der Waals surface area contributed by atoms with Crippen LogP contribution in [-0.2, 0) is 6.18 Å². The Balaban J connectivity index is 1.68. The summed E-state index contributed by atoms with van der Waals surface area (Å²) in [5.41, 5.74) is -0.637. The molecule has 0 spiro atoms. The molecule has 4 nitrogen and oxygen atoms in total. The minimum atomic E-state index is -4.52. The van der Waals surface area contributed by atoms with Gasteiger partial charge in [0.05, 0.1) is 16.1 Å². The van der Waals surface area contributed by atoms with Crippen molar-refractivity contribution < 1.29 is 22.8 Å². The van der Waals surface area contributed by atoms with Crippen molar-refractivity contribution in [1.82, 2.24) is 9.80 Å². The van der Waals surface area contributed by atoms with Crippen LogP contribution in [-0.4, -0.2) is 47.8 Å². The van der Waals surface area contributed by atoms with Crippen LogP contribution in [0.2, 0.25) is 10.0 Å². The van der Waals surface area contributed by atoms with Gasteiger partial charge >= 0.3 is 6.18 Å². The van der Waals surface area contributed by atoms with Gasteiger partial charge in [-0.1, -0.05) is 29.3 Å². The van der Waals surface area contributed by atoms with Gasteiger partial charge in [0.1, 0.15) is 0 Å². The molecule has 0 radical (unpaired) electrons. The summed E-state index contributed by atoms with van der Waals surface area (Å²) in [6, 6.07) is 8.90. The fraction of sp³-hybridized carbons (Fsp3) is 0.263. The van der Waals surface area contributed by atoms with Crippen LogP contribution in [0, 0.1) is 0 Å². The first kappa shape index (κ1) is 20.5. The molecule has 1 fully saturated rings. The van der Waals surface area contributed by atoms with E-state index in [1.807, 2.05) is 0 Å². The van der Waals surface area contributed by atoms with Crippen molar-refractivity contribution >= 4 is 35.0 Å². The zero-order valence-corrected chi connectivity index (χ0v) is 16.0. The number of piperazine rings is 1. The first-order chi connectivity index (χ1) is 13.2. The first-order valence-corrected chi connectivity index (χ1v) is 9.13. The zero-order chi connectivity index (χ0) is 20.5. The van der Waals surface area contributed by atoms with Gasteiger partial charge in [0.25, 0.3) is 11.8 Å². The molecule has 0 saturated carbocycles. The van der Waals surface area contributed by atoms with E-state index in [0.717, 1.165) is 12.1 Å². The lowest BCUT2D eigenvalue weighted by atomic mass is 10.1. The molecule has 0 bridgehead atoms. The molecule has 2 amide bonds. The van der Waals surface area contributed by atoms with Crippen molar-refractivity contribution in [1.29, 1.82) is 0 Å². The van der Waals surface area contributed by atoms with E-state index in [0.29, 0.717) is 5.02 Å². The maximum Gasteiger partial charge on any atom is 0.416 e. The summed E-state index contributed by atoms with van der Waals surface area (Å²) < 4.78 is 38.5. The van der Waals surface area contributed by atoms with Gasteiger partial charge in [-0.3, -0.25) is 9.59 Å². The van der Waals surface area contributed by atoms with E-state index in [2.05, 4.69) is 0 Å². The maximum absolute atomic E-state index is 12.8. The summed E-state index contributed by atoms with van der Waals surface area (Å²) in [4.78, 5) is 28.1. The smallest absolute Gasteiger partial charge is 0.335 e. The lowest BCUT2D eigenvalue weighted by Crippen LogP contribution is -2.50. The van der Waals surface area contributed by atoms with Gasteiger partial charge in [0.2, 0.25) is 0 Å². The molecule has 0 unspecified atom stereocenters. The fourth-order valence-electron chi connectivity index (χ4n) is 2.96. The maximum atomic E-state index is 12.8. The number of nitrogens with zero attached hydrogens (tertiary/aromatic N) is 2. The molecule has 0 atom stereocenters. The minimum Gasteiger partial charge on any atom is -0.335 e. The van der Waals surface area contributed by atoms with E-state index < -0.39 is 17.6 Å². The number of alkyl halides is 3. The average Bonchev–Trinajstić information content (AvgIpc) is 2.68. The summed E-state index contributed by atoms with van der Waals surface area (Å²) in [6.45, 7) is 0.900. The second-order valence-electron chi connectivity index (χ2n) is 6.29. The van der Waals surface area contributed by atoms with E-state index >= 15 is 0 Å². The Morgan fingerprint density at radius 2 is 1.46 bits per heavy atom. The Morgan fingerprint density at radius 3 is 2.07 bits per heavy atom. The van der Waals surface area contributed by atoms with Gasteiger partial charge in [-0.05, 0) is 36.4 Å². The first-order valence-electron chi connectivity index (χ1n) is 8.37. The number of rotatable bonds is 2. The topological polar surface area (TPSA) is 40.6 Å². The number of amides is 2. The number of hydrogen-bond acceptors (Lipinski definition) is 2. The number of carbonyl (C=O) groups excluding carboxylic acids is 2. The van der Waals surface area contributed by atoms with Gasteiger partial charge in [0.15, 0.2) is 0 Å². The van der Waals surface area contributed by atoms with Gasteiger partial charge in [0, 0.05) is 36.8 Å². The zero-order valence-electron chi connectivity index (χ0n) is 14.5. The van der Waals surface area contributed by atoms with Crippen molar-refractivity contribution in [2.24, 2.45) is 0 Å². The van der Waals surface area contributed by atoms with Crippen LogP contribution in [0.15, 0.2) is 42.5 Å². The van der Waals surface area contributed by atoms with E-state index in [4.69, 9.17) is 23.2 Å². The molecule has 1 aliphatic heterocycles. The highest BCUT2D eigenvalue weighted by Gasteiger charge is 2.32. The molecule has 28 heavy (non-hydrogen) atoms. The molecular formula is C19H15Cl2F3N2O2. The molecule has 1 heterocycles. The lowest BCUT2D eigenvalue weighted by Gasteiger charge is -2.35. The third-order valence-corrected chi connectivity index (χ3v) is 5.01. The molecule has 148 valence electrons. The second kappa shape index (κ2) is 8.01. The van der Waals surface area contributed by atoms with Crippen molar-refractivity contribution in [3.8, 4) is 0 Å². The number of benzene rings is 2. The number of hydrogen-bond donors (Lipinski definition) is 0. The standard InChI is InChI=1S/C19H15Cl2F3N2O2/c20-14-4-5-16(21)15(11-14)18(28)26-8-6-25(7-9-26)17(27)12-2-1-3-13(10-12)19(22,23)24/h1-5,10-11H,6-9H2. The molecule has 2 aromatic carbocycles. The van der Waals surface area contributed by atoms with Crippen LogP contribution >= 0.6 is 23.2 Å². The monoisotopic (exact) mass is 430 g/mol. The Kier molecular flexibility index (Phi) is 5.86. The van der Waals surface area contributed by atoms with E-state index in [9.17, 15) is 22.8 Å². The van der Waals surface area contributed by atoms with Crippen LogP contribution in [0.1, 0.15) is 26.3 Å². The van der Waals surface area contributed by atoms with Crippen LogP contribution < -0.4 is 0 Å². The lowest BCUT2D eigenvalue weighted by molar-refractivity contribution is -0.137. The van der Waals surface area contributed by atoms with E-state index in [-0.39, 0.29) is 48.2 Å². The molecule has 0 aliphatic carbocycles. The van der Waals surface area contributed by atoms with Crippen molar-refractivity contribution in [2.75, 3.05) is 26.2 Å². The molecule has 1 saturated heterocycles. The Hall–Kier alpha value is -2.25. The SMILES string of the molecule is O=C(c1cccc(C(F)(F)F)c1)N1CCN(C(=O)c2cc(Cl)ccc2Cl)CC1. The molecule has 2 aromatic rings. The Bertz CT molecular complexity index is 910. The predicted octanol–water partition coefficient (Wildman–Crippen LogP) is 4.61.